The third-order valence-electron chi connectivity index (χ3n) is 2.24. The number of likely N-dealkylation sites (N-methyl/N-ethyl adjacent to an activating group) is 1. The molecule has 4 nitrogen and oxygen atoms in total. The zero-order valence-corrected chi connectivity index (χ0v) is 9.24. The molecule has 0 bridgehead atoms. The van der Waals surface area contributed by atoms with Crippen LogP contribution in [-0.4, -0.2) is 21.6 Å². The van der Waals surface area contributed by atoms with Crippen LogP contribution in [0.2, 0.25) is 0 Å². The Balaban J connectivity index is 2.10. The highest BCUT2D eigenvalue weighted by molar-refractivity contribution is 7.03. The maximum atomic E-state index is 4.09. The van der Waals surface area contributed by atoms with Gasteiger partial charge in [0.05, 0.1) is 11.7 Å². The summed E-state index contributed by atoms with van der Waals surface area (Å²) in [6.07, 6.45) is 4.54. The van der Waals surface area contributed by atoms with Crippen molar-refractivity contribution in [2.24, 2.45) is 0 Å². The molecule has 2 aromatic heterocycles. The van der Waals surface area contributed by atoms with Crippen molar-refractivity contribution in [3.05, 3.63) is 41.2 Å². The highest BCUT2D eigenvalue weighted by Gasteiger charge is 2.12. The summed E-state index contributed by atoms with van der Waals surface area (Å²) in [5, 5.41) is 9.27. The van der Waals surface area contributed by atoms with Crippen molar-refractivity contribution in [1.29, 1.82) is 0 Å². The quantitative estimate of drug-likeness (QED) is 0.847. The maximum Gasteiger partial charge on any atom is 0.0928 e. The van der Waals surface area contributed by atoms with Crippen molar-refractivity contribution < 1.29 is 0 Å². The van der Waals surface area contributed by atoms with Crippen LogP contribution in [0.15, 0.2) is 29.9 Å². The highest BCUT2D eigenvalue weighted by atomic mass is 32.1. The lowest BCUT2D eigenvalue weighted by molar-refractivity contribution is 0.573. The van der Waals surface area contributed by atoms with Crippen molar-refractivity contribution in [3.8, 4) is 0 Å². The Morgan fingerprint density at radius 3 is 3.07 bits per heavy atom. The van der Waals surface area contributed by atoms with E-state index in [9.17, 15) is 0 Å². The van der Waals surface area contributed by atoms with E-state index in [4.69, 9.17) is 0 Å². The van der Waals surface area contributed by atoms with E-state index >= 15 is 0 Å². The van der Waals surface area contributed by atoms with Crippen LogP contribution in [0, 0.1) is 0 Å². The number of nitrogens with one attached hydrogen (secondary N) is 1. The van der Waals surface area contributed by atoms with Gasteiger partial charge < -0.3 is 5.32 Å². The average molecular weight is 220 g/mol. The molecule has 2 aromatic rings. The third-order valence-corrected chi connectivity index (χ3v) is 2.77. The fourth-order valence-corrected chi connectivity index (χ4v) is 1.94. The molecule has 0 fully saturated rings. The molecule has 0 saturated carbocycles. The number of pyridine rings is 1. The first-order valence-electron chi connectivity index (χ1n) is 4.73. The third kappa shape index (κ3) is 2.57. The summed E-state index contributed by atoms with van der Waals surface area (Å²) in [5.74, 6) is 0. The Hall–Kier alpha value is -1.33. The van der Waals surface area contributed by atoms with Gasteiger partial charge in [-0.05, 0) is 36.6 Å². The Kier molecular flexibility index (Phi) is 3.37. The lowest BCUT2D eigenvalue weighted by Crippen LogP contribution is -2.19. The minimum Gasteiger partial charge on any atom is -0.311 e. The summed E-state index contributed by atoms with van der Waals surface area (Å²) >= 11 is 1.38. The van der Waals surface area contributed by atoms with Gasteiger partial charge in [0.15, 0.2) is 0 Å². The first-order valence-corrected chi connectivity index (χ1v) is 5.57. The molecule has 1 unspecified atom stereocenters. The second-order valence-corrected chi connectivity index (χ2v) is 3.85. The van der Waals surface area contributed by atoms with Gasteiger partial charge in [-0.25, -0.2) is 0 Å². The van der Waals surface area contributed by atoms with Crippen molar-refractivity contribution in [3.63, 3.8) is 0 Å². The van der Waals surface area contributed by atoms with Crippen molar-refractivity contribution in [2.75, 3.05) is 7.05 Å². The van der Waals surface area contributed by atoms with E-state index in [0.717, 1.165) is 12.1 Å². The normalized spacial score (nSPS) is 12.6. The molecule has 0 aromatic carbocycles. The van der Waals surface area contributed by atoms with E-state index in [1.807, 2.05) is 24.7 Å². The second kappa shape index (κ2) is 4.95. The van der Waals surface area contributed by atoms with Gasteiger partial charge in [-0.2, -0.15) is 0 Å². The van der Waals surface area contributed by atoms with Crippen molar-refractivity contribution in [2.45, 2.75) is 12.5 Å². The van der Waals surface area contributed by atoms with Crippen molar-refractivity contribution in [1.82, 2.24) is 19.9 Å². The largest absolute Gasteiger partial charge is 0.311 e. The van der Waals surface area contributed by atoms with Crippen LogP contribution in [0.25, 0.3) is 0 Å². The summed E-state index contributed by atoms with van der Waals surface area (Å²) in [5.41, 5.74) is 2.19. The molecule has 1 atom stereocenters. The number of nitrogens with zero attached hydrogens (tertiary/aromatic N) is 3. The van der Waals surface area contributed by atoms with Crippen LogP contribution in [0.5, 0.6) is 0 Å². The molecule has 0 amide bonds. The van der Waals surface area contributed by atoms with E-state index < -0.39 is 0 Å². The average Bonchev–Trinajstić information content (AvgIpc) is 2.81. The zero-order valence-electron chi connectivity index (χ0n) is 8.42. The molecule has 5 heteroatoms. The van der Waals surface area contributed by atoms with E-state index in [0.29, 0.717) is 0 Å². The predicted molar refractivity (Wildman–Crippen MR) is 59.7 cm³/mol. The van der Waals surface area contributed by atoms with Crippen LogP contribution < -0.4 is 5.32 Å². The maximum absolute atomic E-state index is 4.09. The van der Waals surface area contributed by atoms with Gasteiger partial charge in [0.2, 0.25) is 0 Å². The number of rotatable bonds is 4. The lowest BCUT2D eigenvalue weighted by atomic mass is 10.1. The standard InChI is InChI=1S/C10H12N4S/c1-11-9(10-7-15-14-13-10)5-8-3-2-4-12-6-8/h2-4,6-7,9,11H,5H2,1H3. The monoisotopic (exact) mass is 220 g/mol. The van der Waals surface area contributed by atoms with Crippen LogP contribution in [-0.2, 0) is 6.42 Å². The molecule has 2 heterocycles. The molecule has 1 N–H and O–H groups in total. The smallest absolute Gasteiger partial charge is 0.0928 e. The first kappa shape index (κ1) is 10.2. The zero-order chi connectivity index (χ0) is 10.5. The summed E-state index contributed by atoms with van der Waals surface area (Å²) in [4.78, 5) is 4.09. The first-order chi connectivity index (χ1) is 7.40. The molecule has 0 radical (unpaired) electrons. The minimum atomic E-state index is 0.216. The van der Waals surface area contributed by atoms with Gasteiger partial charge >= 0.3 is 0 Å². The van der Waals surface area contributed by atoms with Crippen LogP contribution in [0.1, 0.15) is 17.3 Å². The molecule has 78 valence electrons. The molecule has 2 rings (SSSR count). The molecule has 0 aliphatic heterocycles. The van der Waals surface area contributed by atoms with Gasteiger partial charge in [0.1, 0.15) is 0 Å². The fourth-order valence-electron chi connectivity index (χ4n) is 1.43. The van der Waals surface area contributed by atoms with Gasteiger partial charge in [0, 0.05) is 17.8 Å². The number of hydrogen-bond acceptors (Lipinski definition) is 5. The van der Waals surface area contributed by atoms with Gasteiger partial charge in [-0.15, -0.1) is 5.10 Å². The number of aromatic nitrogens is 3. The summed E-state index contributed by atoms with van der Waals surface area (Å²) in [7, 11) is 1.93. The summed E-state index contributed by atoms with van der Waals surface area (Å²) in [6.45, 7) is 0. The Labute approximate surface area is 92.5 Å². The topological polar surface area (TPSA) is 50.7 Å². The van der Waals surface area contributed by atoms with E-state index in [-0.39, 0.29) is 6.04 Å². The lowest BCUT2D eigenvalue weighted by Gasteiger charge is -2.12. The Bertz CT molecular complexity index is 387. The fraction of sp³-hybridized carbons (Fsp3) is 0.300. The van der Waals surface area contributed by atoms with Crippen LogP contribution in [0.3, 0.4) is 0 Å². The molecular formula is C10H12N4S. The van der Waals surface area contributed by atoms with E-state index in [2.05, 4.69) is 26.0 Å². The molecule has 15 heavy (non-hydrogen) atoms. The van der Waals surface area contributed by atoms with Gasteiger partial charge in [-0.3, -0.25) is 4.98 Å². The molecule has 0 saturated heterocycles. The molecular weight excluding hydrogens is 208 g/mol. The second-order valence-electron chi connectivity index (χ2n) is 3.24. The number of hydrogen-bond donors (Lipinski definition) is 1. The summed E-state index contributed by atoms with van der Waals surface area (Å²) in [6, 6.07) is 4.23. The van der Waals surface area contributed by atoms with E-state index in [1.165, 1.54) is 17.1 Å². The highest BCUT2D eigenvalue weighted by Crippen LogP contribution is 2.15. The van der Waals surface area contributed by atoms with Gasteiger partial charge in [-0.1, -0.05) is 10.6 Å². The Morgan fingerprint density at radius 2 is 2.47 bits per heavy atom. The van der Waals surface area contributed by atoms with Gasteiger partial charge in [0.25, 0.3) is 0 Å². The van der Waals surface area contributed by atoms with Crippen molar-refractivity contribution >= 4 is 11.5 Å². The predicted octanol–water partition coefficient (Wildman–Crippen LogP) is 1.44. The molecule has 0 aliphatic rings. The summed E-state index contributed by atoms with van der Waals surface area (Å²) < 4.78 is 3.87. The SMILES string of the molecule is CNC(Cc1cccnc1)c1csnn1. The van der Waals surface area contributed by atoms with E-state index in [1.54, 1.807) is 6.20 Å². The Morgan fingerprint density at radius 1 is 1.53 bits per heavy atom. The molecule has 0 spiro atoms. The minimum absolute atomic E-state index is 0.216. The van der Waals surface area contributed by atoms with Crippen LogP contribution in [0.4, 0.5) is 0 Å². The van der Waals surface area contributed by atoms with Crippen LogP contribution >= 0.6 is 11.5 Å². The molecule has 0 aliphatic carbocycles.